The number of hydrogen-bond donors (Lipinski definition) is 2. The molecule has 2 aliphatic rings. The molecule has 2 rings (SSSR count). The van der Waals surface area contributed by atoms with Crippen molar-refractivity contribution in [1.82, 2.24) is 10.6 Å². The summed E-state index contributed by atoms with van der Waals surface area (Å²) in [6, 6.07) is 0.860. The van der Waals surface area contributed by atoms with Crippen molar-refractivity contribution in [2.75, 3.05) is 18.1 Å². The van der Waals surface area contributed by atoms with Gasteiger partial charge in [0.1, 0.15) is 0 Å². The van der Waals surface area contributed by atoms with E-state index in [1.54, 1.807) is 0 Å². The van der Waals surface area contributed by atoms with Crippen molar-refractivity contribution in [3.63, 3.8) is 0 Å². The SMILES string of the molecule is Cl.O=C(CC1CSCCN1)NC1CCCC1. The molecule has 2 fully saturated rings. The molecule has 1 atom stereocenters. The van der Waals surface area contributed by atoms with Gasteiger partial charge in [0, 0.05) is 36.6 Å². The Morgan fingerprint density at radius 1 is 1.38 bits per heavy atom. The highest BCUT2D eigenvalue weighted by molar-refractivity contribution is 7.99. The highest BCUT2D eigenvalue weighted by atomic mass is 35.5. The predicted octanol–water partition coefficient (Wildman–Crippen LogP) is 1.56. The molecule has 1 amide bonds. The molecule has 0 spiro atoms. The number of carbonyl (C=O) groups is 1. The first-order valence-corrected chi connectivity index (χ1v) is 7.10. The third-order valence-corrected chi connectivity index (χ3v) is 4.28. The molecule has 1 unspecified atom stereocenters. The topological polar surface area (TPSA) is 41.1 Å². The van der Waals surface area contributed by atoms with E-state index in [1.807, 2.05) is 11.8 Å². The Morgan fingerprint density at radius 3 is 2.75 bits per heavy atom. The summed E-state index contributed by atoms with van der Waals surface area (Å²) in [6.45, 7) is 1.05. The van der Waals surface area contributed by atoms with Gasteiger partial charge in [-0.3, -0.25) is 4.79 Å². The van der Waals surface area contributed by atoms with Gasteiger partial charge in [-0.05, 0) is 12.8 Å². The van der Waals surface area contributed by atoms with Crippen molar-refractivity contribution in [1.29, 1.82) is 0 Å². The summed E-state index contributed by atoms with van der Waals surface area (Å²) in [6.07, 6.45) is 5.58. The number of thioether (sulfide) groups is 1. The van der Waals surface area contributed by atoms with Gasteiger partial charge >= 0.3 is 0 Å². The first kappa shape index (κ1) is 14.1. The molecule has 0 radical (unpaired) electrons. The predicted molar refractivity (Wildman–Crippen MR) is 71.4 cm³/mol. The molecular weight excluding hydrogens is 244 g/mol. The van der Waals surface area contributed by atoms with Gasteiger partial charge in [-0.2, -0.15) is 11.8 Å². The lowest BCUT2D eigenvalue weighted by Gasteiger charge is -2.23. The van der Waals surface area contributed by atoms with Crippen LogP contribution in [0.5, 0.6) is 0 Å². The second kappa shape index (κ2) is 7.41. The fraction of sp³-hybridized carbons (Fsp3) is 0.909. The van der Waals surface area contributed by atoms with Crippen LogP contribution in [0.15, 0.2) is 0 Å². The number of hydrogen-bond acceptors (Lipinski definition) is 3. The lowest BCUT2D eigenvalue weighted by molar-refractivity contribution is -0.122. The summed E-state index contributed by atoms with van der Waals surface area (Å²) in [5, 5.41) is 6.53. The normalized spacial score (nSPS) is 26.1. The smallest absolute Gasteiger partial charge is 0.221 e. The van der Waals surface area contributed by atoms with Gasteiger partial charge in [-0.25, -0.2) is 0 Å². The summed E-state index contributed by atoms with van der Waals surface area (Å²) in [5.74, 6) is 2.50. The van der Waals surface area contributed by atoms with Crippen molar-refractivity contribution in [3.05, 3.63) is 0 Å². The number of rotatable bonds is 3. The minimum Gasteiger partial charge on any atom is -0.353 e. The molecule has 1 aliphatic carbocycles. The maximum atomic E-state index is 11.7. The zero-order chi connectivity index (χ0) is 10.5. The van der Waals surface area contributed by atoms with Gasteiger partial charge in [0.2, 0.25) is 5.91 Å². The van der Waals surface area contributed by atoms with Gasteiger partial charge in [-0.15, -0.1) is 12.4 Å². The average Bonchev–Trinajstić information content (AvgIpc) is 2.71. The second-order valence-electron chi connectivity index (χ2n) is 4.48. The largest absolute Gasteiger partial charge is 0.353 e. The van der Waals surface area contributed by atoms with Crippen LogP contribution in [0, 0.1) is 0 Å². The van der Waals surface area contributed by atoms with Gasteiger partial charge in [0.25, 0.3) is 0 Å². The van der Waals surface area contributed by atoms with E-state index in [2.05, 4.69) is 10.6 Å². The van der Waals surface area contributed by atoms with E-state index in [-0.39, 0.29) is 18.3 Å². The van der Waals surface area contributed by atoms with Crippen LogP contribution in [0.3, 0.4) is 0 Å². The summed E-state index contributed by atoms with van der Waals surface area (Å²) in [5.41, 5.74) is 0. The number of halogens is 1. The third-order valence-electron chi connectivity index (χ3n) is 3.15. The summed E-state index contributed by atoms with van der Waals surface area (Å²) >= 11 is 1.95. The Labute approximate surface area is 108 Å². The first-order chi connectivity index (χ1) is 7.34. The Hall–Kier alpha value is 0.0700. The molecule has 16 heavy (non-hydrogen) atoms. The van der Waals surface area contributed by atoms with Crippen LogP contribution in [-0.2, 0) is 4.79 Å². The van der Waals surface area contributed by atoms with E-state index in [0.29, 0.717) is 18.5 Å². The second-order valence-corrected chi connectivity index (χ2v) is 5.63. The van der Waals surface area contributed by atoms with E-state index in [1.165, 1.54) is 31.4 Å². The molecule has 1 saturated heterocycles. The maximum Gasteiger partial charge on any atom is 0.221 e. The molecule has 1 heterocycles. The molecule has 2 N–H and O–H groups in total. The molecule has 0 aromatic rings. The van der Waals surface area contributed by atoms with E-state index in [0.717, 1.165) is 12.3 Å². The fourth-order valence-electron chi connectivity index (χ4n) is 2.33. The zero-order valence-electron chi connectivity index (χ0n) is 9.54. The molecule has 0 aromatic carbocycles. The van der Waals surface area contributed by atoms with Gasteiger partial charge in [0.15, 0.2) is 0 Å². The molecule has 1 saturated carbocycles. The minimum absolute atomic E-state index is 0. The zero-order valence-corrected chi connectivity index (χ0v) is 11.2. The lowest BCUT2D eigenvalue weighted by atomic mass is 10.2. The van der Waals surface area contributed by atoms with E-state index >= 15 is 0 Å². The van der Waals surface area contributed by atoms with Crippen LogP contribution < -0.4 is 10.6 Å². The van der Waals surface area contributed by atoms with Crippen LogP contribution in [-0.4, -0.2) is 36.0 Å². The lowest BCUT2D eigenvalue weighted by Crippen LogP contribution is -2.43. The van der Waals surface area contributed by atoms with Crippen LogP contribution in [0.1, 0.15) is 32.1 Å². The molecule has 5 heteroatoms. The quantitative estimate of drug-likeness (QED) is 0.813. The summed E-state index contributed by atoms with van der Waals surface area (Å²) < 4.78 is 0. The highest BCUT2D eigenvalue weighted by Crippen LogP contribution is 2.18. The van der Waals surface area contributed by atoms with Gasteiger partial charge < -0.3 is 10.6 Å². The number of nitrogens with one attached hydrogen (secondary N) is 2. The molecule has 94 valence electrons. The number of amides is 1. The van der Waals surface area contributed by atoms with Crippen LogP contribution in [0.2, 0.25) is 0 Å². The molecule has 0 bridgehead atoms. The van der Waals surface area contributed by atoms with E-state index in [4.69, 9.17) is 0 Å². The summed E-state index contributed by atoms with van der Waals surface area (Å²) in [7, 11) is 0. The average molecular weight is 265 g/mol. The highest BCUT2D eigenvalue weighted by Gasteiger charge is 2.20. The van der Waals surface area contributed by atoms with E-state index in [9.17, 15) is 4.79 Å². The fourth-order valence-corrected chi connectivity index (χ4v) is 3.28. The Balaban J connectivity index is 0.00000128. The third kappa shape index (κ3) is 4.52. The van der Waals surface area contributed by atoms with Crippen LogP contribution in [0.25, 0.3) is 0 Å². The van der Waals surface area contributed by atoms with Crippen molar-refractivity contribution >= 4 is 30.1 Å². The molecular formula is C11H21ClN2OS. The van der Waals surface area contributed by atoms with Crippen LogP contribution in [0.4, 0.5) is 0 Å². The van der Waals surface area contributed by atoms with Gasteiger partial charge in [-0.1, -0.05) is 12.8 Å². The van der Waals surface area contributed by atoms with Crippen molar-refractivity contribution < 1.29 is 4.79 Å². The van der Waals surface area contributed by atoms with Crippen molar-refractivity contribution in [3.8, 4) is 0 Å². The van der Waals surface area contributed by atoms with Crippen LogP contribution >= 0.6 is 24.2 Å². The van der Waals surface area contributed by atoms with Gasteiger partial charge in [0.05, 0.1) is 0 Å². The standard InChI is InChI=1S/C11H20N2OS.ClH/c14-11(13-9-3-1-2-4-9)7-10-8-15-6-5-12-10;/h9-10,12H,1-8H2,(H,13,14);1H. The summed E-state index contributed by atoms with van der Waals surface area (Å²) in [4.78, 5) is 11.7. The first-order valence-electron chi connectivity index (χ1n) is 5.95. The Kier molecular flexibility index (Phi) is 6.54. The molecule has 1 aliphatic heterocycles. The molecule has 3 nitrogen and oxygen atoms in total. The number of carbonyl (C=O) groups excluding carboxylic acids is 1. The van der Waals surface area contributed by atoms with Crippen molar-refractivity contribution in [2.24, 2.45) is 0 Å². The minimum atomic E-state index is 0. The van der Waals surface area contributed by atoms with Crippen molar-refractivity contribution in [2.45, 2.75) is 44.2 Å². The molecule has 0 aromatic heterocycles. The maximum absolute atomic E-state index is 11.7. The Morgan fingerprint density at radius 2 is 2.12 bits per heavy atom. The Bertz CT molecular complexity index is 216. The monoisotopic (exact) mass is 264 g/mol. The van der Waals surface area contributed by atoms with E-state index < -0.39 is 0 Å².